The van der Waals surface area contributed by atoms with Crippen LogP contribution in [0.25, 0.3) is 0 Å². The molecule has 1 atom stereocenters. The van der Waals surface area contributed by atoms with Gasteiger partial charge in [-0.15, -0.1) is 11.3 Å². The summed E-state index contributed by atoms with van der Waals surface area (Å²) < 4.78 is 0. The van der Waals surface area contributed by atoms with E-state index >= 15 is 0 Å². The van der Waals surface area contributed by atoms with Crippen molar-refractivity contribution in [2.45, 2.75) is 26.8 Å². The summed E-state index contributed by atoms with van der Waals surface area (Å²) in [5, 5.41) is 6.21. The topological polar surface area (TPSA) is 24.9 Å². The van der Waals surface area contributed by atoms with Gasteiger partial charge in [0, 0.05) is 4.88 Å². The summed E-state index contributed by atoms with van der Waals surface area (Å²) in [5.74, 6) is 0.513. The third-order valence-electron chi connectivity index (χ3n) is 2.90. The Labute approximate surface area is 117 Å². The summed E-state index contributed by atoms with van der Waals surface area (Å²) in [6.07, 6.45) is 1.81. The molecule has 0 aliphatic rings. The Hall–Kier alpha value is -1.06. The standard InChI is InChI=1S/C14H17ClN2S/c1-9(2)14(12-5-4-6-18-12)17-11-8-16-13(15)7-10(11)3/h4-9,14,17H,1-3H3. The number of rotatable bonds is 4. The predicted molar refractivity (Wildman–Crippen MR) is 79.5 cm³/mol. The summed E-state index contributed by atoms with van der Waals surface area (Å²) in [7, 11) is 0. The van der Waals surface area contributed by atoms with E-state index < -0.39 is 0 Å². The van der Waals surface area contributed by atoms with Gasteiger partial charge in [0.2, 0.25) is 0 Å². The fourth-order valence-electron chi connectivity index (χ4n) is 1.87. The molecule has 96 valence electrons. The number of hydrogen-bond acceptors (Lipinski definition) is 3. The van der Waals surface area contributed by atoms with Crippen LogP contribution in [0.3, 0.4) is 0 Å². The molecule has 2 aromatic heterocycles. The Morgan fingerprint density at radius 3 is 2.72 bits per heavy atom. The number of anilines is 1. The van der Waals surface area contributed by atoms with Crippen LogP contribution in [0.1, 0.15) is 30.3 Å². The average molecular weight is 281 g/mol. The van der Waals surface area contributed by atoms with Gasteiger partial charge in [0.1, 0.15) is 5.15 Å². The van der Waals surface area contributed by atoms with Gasteiger partial charge in [-0.3, -0.25) is 0 Å². The van der Waals surface area contributed by atoms with Crippen LogP contribution in [0.4, 0.5) is 5.69 Å². The van der Waals surface area contributed by atoms with Crippen molar-refractivity contribution in [1.29, 1.82) is 0 Å². The largest absolute Gasteiger partial charge is 0.376 e. The van der Waals surface area contributed by atoms with Crippen LogP contribution in [-0.4, -0.2) is 4.98 Å². The van der Waals surface area contributed by atoms with Crippen molar-refractivity contribution < 1.29 is 0 Å². The minimum atomic E-state index is 0.312. The van der Waals surface area contributed by atoms with Gasteiger partial charge >= 0.3 is 0 Å². The third kappa shape index (κ3) is 3.03. The molecule has 0 aliphatic carbocycles. The lowest BCUT2D eigenvalue weighted by Crippen LogP contribution is -2.16. The molecule has 0 aliphatic heterocycles. The third-order valence-corrected chi connectivity index (χ3v) is 4.07. The van der Waals surface area contributed by atoms with E-state index in [9.17, 15) is 0 Å². The molecule has 2 heterocycles. The van der Waals surface area contributed by atoms with Gasteiger partial charge in [0.05, 0.1) is 17.9 Å². The molecule has 4 heteroatoms. The molecule has 0 amide bonds. The van der Waals surface area contributed by atoms with Crippen molar-refractivity contribution in [1.82, 2.24) is 4.98 Å². The number of halogens is 1. The predicted octanol–water partition coefficient (Wildman–Crippen LogP) is 4.91. The molecule has 0 fully saturated rings. The van der Waals surface area contributed by atoms with Crippen molar-refractivity contribution in [3.63, 3.8) is 0 Å². The average Bonchev–Trinajstić information content (AvgIpc) is 2.80. The molecule has 1 N–H and O–H groups in total. The van der Waals surface area contributed by atoms with Crippen molar-refractivity contribution in [2.24, 2.45) is 5.92 Å². The summed E-state index contributed by atoms with van der Waals surface area (Å²) in [6, 6.07) is 6.45. The van der Waals surface area contributed by atoms with E-state index in [4.69, 9.17) is 11.6 Å². The minimum absolute atomic E-state index is 0.312. The highest BCUT2D eigenvalue weighted by molar-refractivity contribution is 7.10. The fraction of sp³-hybridized carbons (Fsp3) is 0.357. The first kappa shape index (κ1) is 13.4. The van der Waals surface area contributed by atoms with Crippen LogP contribution in [0.5, 0.6) is 0 Å². The normalized spacial score (nSPS) is 12.7. The summed E-state index contributed by atoms with van der Waals surface area (Å²) in [4.78, 5) is 5.49. The van der Waals surface area contributed by atoms with Crippen LogP contribution in [0.2, 0.25) is 5.15 Å². The second-order valence-corrected chi connectivity index (χ2v) is 6.07. The van der Waals surface area contributed by atoms with Crippen molar-refractivity contribution in [3.05, 3.63) is 45.4 Å². The molecule has 18 heavy (non-hydrogen) atoms. The number of hydrogen-bond donors (Lipinski definition) is 1. The molecule has 0 radical (unpaired) electrons. The molecule has 0 aromatic carbocycles. The maximum atomic E-state index is 5.88. The fourth-order valence-corrected chi connectivity index (χ4v) is 3.04. The molecule has 0 saturated carbocycles. The highest BCUT2D eigenvalue weighted by Crippen LogP contribution is 2.30. The SMILES string of the molecule is Cc1cc(Cl)ncc1NC(c1cccs1)C(C)C. The van der Waals surface area contributed by atoms with Gasteiger partial charge in [-0.1, -0.05) is 31.5 Å². The van der Waals surface area contributed by atoms with Crippen molar-refractivity contribution >= 4 is 28.6 Å². The maximum absolute atomic E-state index is 5.88. The molecule has 2 rings (SSSR count). The molecule has 0 spiro atoms. The molecule has 0 saturated heterocycles. The second kappa shape index (κ2) is 5.72. The first-order valence-corrected chi connectivity index (χ1v) is 7.25. The Kier molecular flexibility index (Phi) is 4.25. The van der Waals surface area contributed by atoms with Gasteiger partial charge in [-0.25, -0.2) is 4.98 Å². The highest BCUT2D eigenvalue weighted by atomic mass is 35.5. The van der Waals surface area contributed by atoms with Crippen LogP contribution in [0, 0.1) is 12.8 Å². The van der Waals surface area contributed by atoms with E-state index in [1.807, 2.05) is 13.0 Å². The number of aryl methyl sites for hydroxylation is 1. The van der Waals surface area contributed by atoms with Gasteiger partial charge in [0.25, 0.3) is 0 Å². The van der Waals surface area contributed by atoms with Crippen LogP contribution in [-0.2, 0) is 0 Å². The molecular formula is C14H17ClN2S. The van der Waals surface area contributed by atoms with Crippen LogP contribution < -0.4 is 5.32 Å². The number of thiophene rings is 1. The molecular weight excluding hydrogens is 264 g/mol. The summed E-state index contributed by atoms with van der Waals surface area (Å²) >= 11 is 7.66. The van der Waals surface area contributed by atoms with E-state index in [0.29, 0.717) is 17.1 Å². The van der Waals surface area contributed by atoms with E-state index in [1.54, 1.807) is 17.5 Å². The van der Waals surface area contributed by atoms with Crippen LogP contribution >= 0.6 is 22.9 Å². The lowest BCUT2D eigenvalue weighted by atomic mass is 10.0. The zero-order valence-corrected chi connectivity index (χ0v) is 12.3. The summed E-state index contributed by atoms with van der Waals surface area (Å²) in [5.41, 5.74) is 2.17. The lowest BCUT2D eigenvalue weighted by molar-refractivity contribution is 0.553. The number of nitrogens with zero attached hydrogens (tertiary/aromatic N) is 1. The van der Waals surface area contributed by atoms with E-state index in [2.05, 4.69) is 41.7 Å². The van der Waals surface area contributed by atoms with Gasteiger partial charge in [-0.05, 0) is 35.9 Å². The highest BCUT2D eigenvalue weighted by Gasteiger charge is 2.17. The Morgan fingerprint density at radius 2 is 2.17 bits per heavy atom. The minimum Gasteiger partial charge on any atom is -0.376 e. The summed E-state index contributed by atoms with van der Waals surface area (Å²) in [6.45, 7) is 6.48. The zero-order valence-electron chi connectivity index (χ0n) is 10.8. The van der Waals surface area contributed by atoms with Gasteiger partial charge in [-0.2, -0.15) is 0 Å². The van der Waals surface area contributed by atoms with Crippen LogP contribution in [0.15, 0.2) is 29.8 Å². The van der Waals surface area contributed by atoms with Crippen molar-refractivity contribution in [3.8, 4) is 0 Å². The molecule has 2 nitrogen and oxygen atoms in total. The molecule has 0 bridgehead atoms. The molecule has 2 aromatic rings. The molecule has 1 unspecified atom stereocenters. The van der Waals surface area contributed by atoms with E-state index in [-0.39, 0.29) is 0 Å². The van der Waals surface area contributed by atoms with Gasteiger partial charge < -0.3 is 5.32 Å². The number of pyridine rings is 1. The van der Waals surface area contributed by atoms with E-state index in [0.717, 1.165) is 11.3 Å². The Balaban J connectivity index is 2.24. The smallest absolute Gasteiger partial charge is 0.129 e. The van der Waals surface area contributed by atoms with Gasteiger partial charge in [0.15, 0.2) is 0 Å². The van der Waals surface area contributed by atoms with Crippen molar-refractivity contribution in [2.75, 3.05) is 5.32 Å². The van der Waals surface area contributed by atoms with E-state index in [1.165, 1.54) is 4.88 Å². The first-order chi connectivity index (χ1) is 8.58. The monoisotopic (exact) mass is 280 g/mol. The Bertz CT molecular complexity index is 509. The number of nitrogens with one attached hydrogen (secondary N) is 1. The lowest BCUT2D eigenvalue weighted by Gasteiger charge is -2.23. The number of aromatic nitrogens is 1. The first-order valence-electron chi connectivity index (χ1n) is 6.00. The second-order valence-electron chi connectivity index (χ2n) is 4.70. The Morgan fingerprint density at radius 1 is 1.39 bits per heavy atom. The maximum Gasteiger partial charge on any atom is 0.129 e. The zero-order chi connectivity index (χ0) is 13.1. The quantitative estimate of drug-likeness (QED) is 0.805.